The Hall–Kier alpha value is -0.0800. The topological polar surface area (TPSA) is 40.5 Å². The smallest absolute Gasteiger partial charge is 0.0742 e. The van der Waals surface area contributed by atoms with Gasteiger partial charge in [-0.05, 0) is 91.8 Å². The van der Waals surface area contributed by atoms with Crippen LogP contribution in [0.4, 0.5) is 0 Å². The molecular weight excluding hydrogens is 248 g/mol. The highest BCUT2D eigenvalue weighted by atomic mass is 16.3. The van der Waals surface area contributed by atoms with Crippen LogP contribution in [0.15, 0.2) is 0 Å². The monoisotopic (exact) mass is 272 g/mol. The predicted octanol–water partition coefficient (Wildman–Crippen LogP) is 2.19. The van der Waals surface area contributed by atoms with E-state index in [1.165, 1.54) is 25.7 Å². The van der Waals surface area contributed by atoms with E-state index in [1.807, 2.05) is 0 Å². The van der Waals surface area contributed by atoms with Gasteiger partial charge in [-0.25, -0.2) is 0 Å². The summed E-state index contributed by atoms with van der Waals surface area (Å²) in [6, 6.07) is 0. The summed E-state index contributed by atoms with van der Waals surface area (Å²) in [6.45, 7) is 0. The molecule has 11 bridgehead atoms. The van der Waals surface area contributed by atoms with Crippen molar-refractivity contribution in [2.45, 2.75) is 56.1 Å². The van der Waals surface area contributed by atoms with Crippen molar-refractivity contribution in [3.63, 3.8) is 0 Å². The van der Waals surface area contributed by atoms with Crippen molar-refractivity contribution in [3.05, 3.63) is 0 Å². The van der Waals surface area contributed by atoms with Crippen LogP contribution in [-0.2, 0) is 0 Å². The fourth-order valence-electron chi connectivity index (χ4n) is 10.5. The van der Waals surface area contributed by atoms with Gasteiger partial charge in [-0.1, -0.05) is 0 Å². The maximum Gasteiger partial charge on any atom is 0.0742 e. The van der Waals surface area contributed by atoms with Gasteiger partial charge >= 0.3 is 0 Å². The Kier molecular flexibility index (Phi) is 1.35. The molecule has 2 nitrogen and oxygen atoms in total. The molecule has 0 radical (unpaired) electrons. The molecule has 0 saturated heterocycles. The van der Waals surface area contributed by atoms with E-state index in [-0.39, 0.29) is 5.92 Å². The molecule has 10 saturated carbocycles. The van der Waals surface area contributed by atoms with Gasteiger partial charge in [0.05, 0.1) is 11.2 Å². The molecule has 0 aromatic heterocycles. The summed E-state index contributed by atoms with van der Waals surface area (Å²) in [7, 11) is 0. The average Bonchev–Trinajstić information content (AvgIpc) is 2.33. The van der Waals surface area contributed by atoms with E-state index in [4.69, 9.17) is 0 Å². The van der Waals surface area contributed by atoms with Crippen molar-refractivity contribution in [2.24, 2.45) is 52.8 Å². The first-order chi connectivity index (χ1) is 9.56. The third-order valence-electron chi connectivity index (χ3n) is 9.77. The molecule has 10 fully saturated rings. The third kappa shape index (κ3) is 0.728. The molecule has 10 aliphatic rings. The Balaban J connectivity index is 1.60. The van der Waals surface area contributed by atoms with Crippen LogP contribution in [0.5, 0.6) is 0 Å². The summed E-state index contributed by atoms with van der Waals surface area (Å²) in [5.74, 6) is 5.48. The summed E-state index contributed by atoms with van der Waals surface area (Å²) < 4.78 is 0. The molecule has 0 aromatic carbocycles. The van der Waals surface area contributed by atoms with Crippen molar-refractivity contribution in [3.8, 4) is 0 Å². The van der Waals surface area contributed by atoms with Crippen LogP contribution in [0.2, 0.25) is 0 Å². The molecule has 8 unspecified atom stereocenters. The SMILES string of the molecule is OC12CC3CC4C1CC1C5CC6CC1(O)C2C(C3)(C6)C45. The van der Waals surface area contributed by atoms with Gasteiger partial charge in [0.25, 0.3) is 0 Å². The second-order valence-electron chi connectivity index (χ2n) is 9.97. The van der Waals surface area contributed by atoms with Crippen LogP contribution in [0.1, 0.15) is 44.9 Å². The van der Waals surface area contributed by atoms with E-state index in [1.54, 1.807) is 0 Å². The quantitative estimate of drug-likeness (QED) is 0.709. The lowest BCUT2D eigenvalue weighted by Crippen LogP contribution is -2.87. The Morgan fingerprint density at radius 2 is 1.25 bits per heavy atom. The molecule has 1 spiro atoms. The minimum absolute atomic E-state index is 0.261. The molecule has 2 heteroatoms. The Morgan fingerprint density at radius 3 is 1.80 bits per heavy atom. The predicted molar refractivity (Wildman–Crippen MR) is 72.6 cm³/mol. The van der Waals surface area contributed by atoms with Crippen LogP contribution >= 0.6 is 0 Å². The highest BCUT2D eigenvalue weighted by Gasteiger charge is 2.85. The second kappa shape index (κ2) is 2.54. The molecule has 0 aliphatic heterocycles. The first-order valence-electron chi connectivity index (χ1n) is 9.01. The van der Waals surface area contributed by atoms with E-state index >= 15 is 0 Å². The van der Waals surface area contributed by atoms with E-state index < -0.39 is 11.2 Å². The van der Waals surface area contributed by atoms with Gasteiger partial charge in [0.2, 0.25) is 0 Å². The molecule has 0 amide bonds. The van der Waals surface area contributed by atoms with Crippen molar-refractivity contribution >= 4 is 0 Å². The number of rotatable bonds is 0. The van der Waals surface area contributed by atoms with Crippen LogP contribution in [-0.4, -0.2) is 21.4 Å². The summed E-state index contributed by atoms with van der Waals surface area (Å²) >= 11 is 0. The standard InChI is InChI=1S/C18H24O2/c19-17-6-8-1-10-12(17)3-13-11-2-9-5-16(4-8,14(10)11)15(17)18(13,20)7-9/h8-15,19-20H,1-7H2. The van der Waals surface area contributed by atoms with E-state index in [9.17, 15) is 10.2 Å². The van der Waals surface area contributed by atoms with Crippen LogP contribution < -0.4 is 0 Å². The van der Waals surface area contributed by atoms with Gasteiger partial charge in [-0.2, -0.15) is 0 Å². The summed E-state index contributed by atoms with van der Waals surface area (Å²) in [4.78, 5) is 0. The lowest BCUT2D eigenvalue weighted by molar-refractivity contribution is -0.431. The summed E-state index contributed by atoms with van der Waals surface area (Å²) in [5, 5.41) is 23.3. The Morgan fingerprint density at radius 1 is 0.700 bits per heavy atom. The molecule has 10 rings (SSSR count). The van der Waals surface area contributed by atoms with E-state index in [0.29, 0.717) is 17.3 Å². The zero-order chi connectivity index (χ0) is 13.1. The van der Waals surface area contributed by atoms with Crippen molar-refractivity contribution in [2.75, 3.05) is 0 Å². The van der Waals surface area contributed by atoms with Crippen molar-refractivity contribution in [1.82, 2.24) is 0 Å². The lowest BCUT2D eigenvalue weighted by atomic mass is 9.20. The highest BCUT2D eigenvalue weighted by Crippen LogP contribution is 2.86. The largest absolute Gasteiger partial charge is 0.389 e. The van der Waals surface area contributed by atoms with Crippen molar-refractivity contribution < 1.29 is 10.2 Å². The fourth-order valence-corrected chi connectivity index (χ4v) is 10.5. The molecule has 2 N–H and O–H groups in total. The summed E-state index contributed by atoms with van der Waals surface area (Å²) in [5.41, 5.74) is -0.573. The van der Waals surface area contributed by atoms with Crippen LogP contribution in [0.25, 0.3) is 0 Å². The van der Waals surface area contributed by atoms with E-state index in [0.717, 1.165) is 48.9 Å². The Labute approximate surface area is 119 Å². The van der Waals surface area contributed by atoms with Gasteiger partial charge in [0, 0.05) is 5.92 Å². The fraction of sp³-hybridized carbons (Fsp3) is 1.00. The van der Waals surface area contributed by atoms with Gasteiger partial charge in [0.15, 0.2) is 0 Å². The van der Waals surface area contributed by atoms with Gasteiger partial charge in [0.1, 0.15) is 0 Å². The minimum Gasteiger partial charge on any atom is -0.389 e. The molecule has 0 heterocycles. The first kappa shape index (κ1) is 10.6. The third-order valence-corrected chi connectivity index (χ3v) is 9.77. The molecule has 0 aromatic rings. The van der Waals surface area contributed by atoms with Gasteiger partial charge in [-0.15, -0.1) is 0 Å². The maximum absolute atomic E-state index is 11.6. The average molecular weight is 272 g/mol. The van der Waals surface area contributed by atoms with E-state index in [2.05, 4.69) is 0 Å². The Bertz CT molecular complexity index is 516. The van der Waals surface area contributed by atoms with Crippen molar-refractivity contribution in [1.29, 1.82) is 0 Å². The normalized spacial score (nSPS) is 80.7. The lowest BCUT2D eigenvalue weighted by Gasteiger charge is -2.86. The minimum atomic E-state index is -0.471. The zero-order valence-electron chi connectivity index (χ0n) is 12.0. The number of hydrogen-bond acceptors (Lipinski definition) is 2. The van der Waals surface area contributed by atoms with Crippen LogP contribution in [0, 0.1) is 52.8 Å². The first-order valence-corrected chi connectivity index (χ1v) is 9.01. The van der Waals surface area contributed by atoms with Crippen LogP contribution in [0.3, 0.4) is 0 Å². The number of aliphatic hydroxyl groups is 2. The highest BCUT2D eigenvalue weighted by molar-refractivity contribution is 5.34. The number of hydrogen-bond donors (Lipinski definition) is 2. The summed E-state index contributed by atoms with van der Waals surface area (Å²) in [6.07, 6.45) is 8.75. The molecule has 108 valence electrons. The molecule has 10 aliphatic carbocycles. The van der Waals surface area contributed by atoms with Gasteiger partial charge < -0.3 is 10.2 Å². The zero-order valence-corrected chi connectivity index (χ0v) is 12.0. The van der Waals surface area contributed by atoms with Gasteiger partial charge in [-0.3, -0.25) is 0 Å². The molecular formula is C18H24O2. The molecule has 8 atom stereocenters. The second-order valence-corrected chi connectivity index (χ2v) is 9.97. The molecule has 20 heavy (non-hydrogen) atoms. The maximum atomic E-state index is 11.6.